The number of morpholine rings is 1. The van der Waals surface area contributed by atoms with E-state index in [9.17, 15) is 13.5 Å². The summed E-state index contributed by atoms with van der Waals surface area (Å²) in [4.78, 5) is 2.40. The van der Waals surface area contributed by atoms with Crippen molar-refractivity contribution in [3.8, 4) is 5.75 Å². The fourth-order valence-corrected chi connectivity index (χ4v) is 3.43. The number of benzene rings is 1. The van der Waals surface area contributed by atoms with Crippen LogP contribution in [0.25, 0.3) is 0 Å². The first-order valence-corrected chi connectivity index (χ1v) is 8.05. The highest BCUT2D eigenvalue weighted by atomic mass is 35.5. The number of aromatic hydroxyl groups is 1. The second-order valence-electron chi connectivity index (χ2n) is 4.62. The number of sulfone groups is 1. The first-order chi connectivity index (χ1) is 9.08. The molecule has 0 saturated carbocycles. The Labute approximate surface area is 125 Å². The molecule has 7 heteroatoms. The Morgan fingerprint density at radius 2 is 1.95 bits per heavy atom. The molecule has 0 spiro atoms. The zero-order valence-corrected chi connectivity index (χ0v) is 12.8. The van der Waals surface area contributed by atoms with E-state index in [2.05, 4.69) is 4.90 Å². The van der Waals surface area contributed by atoms with Gasteiger partial charge in [0.2, 0.25) is 0 Å². The number of ether oxygens (including phenoxy) is 1. The number of hydrogen-bond donors (Lipinski definition) is 1. The molecular formula is C13H20ClNO4S. The first-order valence-electron chi connectivity index (χ1n) is 6.40. The maximum Gasteiger partial charge on any atom is 0.178 e. The van der Waals surface area contributed by atoms with Gasteiger partial charge in [-0.2, -0.15) is 0 Å². The molecule has 1 heterocycles. The molecule has 0 amide bonds. The van der Waals surface area contributed by atoms with Crippen LogP contribution in [0.2, 0.25) is 0 Å². The highest BCUT2D eigenvalue weighted by Crippen LogP contribution is 2.17. The molecule has 0 unspecified atom stereocenters. The van der Waals surface area contributed by atoms with Crippen LogP contribution in [0.1, 0.15) is 6.42 Å². The van der Waals surface area contributed by atoms with Gasteiger partial charge in [-0.1, -0.05) is 6.07 Å². The molecular weight excluding hydrogens is 302 g/mol. The minimum Gasteiger partial charge on any atom is -0.508 e. The molecule has 0 bridgehead atoms. The van der Waals surface area contributed by atoms with Crippen molar-refractivity contribution in [1.29, 1.82) is 0 Å². The van der Waals surface area contributed by atoms with Gasteiger partial charge in [0, 0.05) is 13.1 Å². The van der Waals surface area contributed by atoms with Crippen molar-refractivity contribution in [2.75, 3.05) is 38.6 Å². The van der Waals surface area contributed by atoms with Crippen molar-refractivity contribution in [3.05, 3.63) is 24.3 Å². The minimum atomic E-state index is -3.30. The second-order valence-corrected chi connectivity index (χ2v) is 6.73. The summed E-state index contributed by atoms with van der Waals surface area (Å²) in [6.07, 6.45) is 0.595. The van der Waals surface area contributed by atoms with Gasteiger partial charge in [-0.3, -0.25) is 4.90 Å². The Morgan fingerprint density at radius 1 is 1.25 bits per heavy atom. The zero-order valence-electron chi connectivity index (χ0n) is 11.2. The van der Waals surface area contributed by atoms with Gasteiger partial charge >= 0.3 is 0 Å². The largest absolute Gasteiger partial charge is 0.508 e. The fraction of sp³-hybridized carbons (Fsp3) is 0.538. The van der Waals surface area contributed by atoms with Gasteiger partial charge in [-0.25, -0.2) is 8.42 Å². The highest BCUT2D eigenvalue weighted by molar-refractivity contribution is 7.91. The predicted octanol–water partition coefficient (Wildman–Crippen LogP) is 1.31. The van der Waals surface area contributed by atoms with Gasteiger partial charge in [-0.15, -0.1) is 12.4 Å². The third kappa shape index (κ3) is 4.94. The molecule has 1 N–H and O–H groups in total. The number of rotatable bonds is 5. The van der Waals surface area contributed by atoms with E-state index in [1.165, 1.54) is 18.2 Å². The van der Waals surface area contributed by atoms with Crippen LogP contribution >= 0.6 is 12.4 Å². The number of nitrogens with zero attached hydrogens (tertiary/aromatic N) is 1. The SMILES string of the molecule is Cl.O=S(=O)(CCCN1CCOCC1)c1cccc(O)c1. The summed E-state index contributed by atoms with van der Waals surface area (Å²) in [6, 6.07) is 5.82. The van der Waals surface area contributed by atoms with Crippen LogP contribution < -0.4 is 0 Å². The smallest absolute Gasteiger partial charge is 0.178 e. The molecule has 114 valence electrons. The van der Waals surface area contributed by atoms with Crippen LogP contribution in [0, 0.1) is 0 Å². The van der Waals surface area contributed by atoms with E-state index in [0.29, 0.717) is 6.42 Å². The summed E-state index contributed by atoms with van der Waals surface area (Å²) in [5, 5.41) is 9.32. The molecule has 1 aliphatic rings. The maximum absolute atomic E-state index is 12.1. The molecule has 2 rings (SSSR count). The molecule has 1 aliphatic heterocycles. The minimum absolute atomic E-state index is 0. The lowest BCUT2D eigenvalue weighted by Crippen LogP contribution is -2.37. The van der Waals surface area contributed by atoms with Crippen LogP contribution in [0.15, 0.2) is 29.2 Å². The van der Waals surface area contributed by atoms with Crippen LogP contribution in [0.5, 0.6) is 5.75 Å². The van der Waals surface area contributed by atoms with E-state index in [-0.39, 0.29) is 28.8 Å². The highest BCUT2D eigenvalue weighted by Gasteiger charge is 2.16. The van der Waals surface area contributed by atoms with E-state index in [4.69, 9.17) is 4.74 Å². The summed E-state index contributed by atoms with van der Waals surface area (Å²) in [6.45, 7) is 3.94. The Kier molecular flexibility index (Phi) is 6.75. The molecule has 1 aromatic rings. The Bertz CT molecular complexity index is 515. The molecule has 0 atom stereocenters. The number of phenolic OH excluding ortho intramolecular Hbond substituents is 1. The normalized spacial score (nSPS) is 16.6. The van der Waals surface area contributed by atoms with Gasteiger partial charge in [0.1, 0.15) is 5.75 Å². The average molecular weight is 322 g/mol. The number of halogens is 1. The van der Waals surface area contributed by atoms with E-state index < -0.39 is 9.84 Å². The van der Waals surface area contributed by atoms with Crippen LogP contribution in [-0.2, 0) is 14.6 Å². The van der Waals surface area contributed by atoms with Crippen LogP contribution in [0.4, 0.5) is 0 Å². The Hall–Kier alpha value is -0.820. The van der Waals surface area contributed by atoms with Crippen LogP contribution in [0.3, 0.4) is 0 Å². The van der Waals surface area contributed by atoms with Crippen molar-refractivity contribution < 1.29 is 18.3 Å². The first kappa shape index (κ1) is 17.2. The van der Waals surface area contributed by atoms with Gasteiger partial charge in [0.15, 0.2) is 9.84 Å². The predicted molar refractivity (Wildman–Crippen MR) is 79.3 cm³/mol. The molecule has 0 aliphatic carbocycles. The standard InChI is InChI=1S/C13H19NO4S.ClH/c15-12-3-1-4-13(11-12)19(16,17)10-2-5-14-6-8-18-9-7-14;/h1,3-4,11,15H,2,5-10H2;1H. The lowest BCUT2D eigenvalue weighted by molar-refractivity contribution is 0.0381. The summed E-state index contributed by atoms with van der Waals surface area (Å²) >= 11 is 0. The Balaban J connectivity index is 0.00000200. The lowest BCUT2D eigenvalue weighted by Gasteiger charge is -2.26. The zero-order chi connectivity index (χ0) is 13.7. The molecule has 1 saturated heterocycles. The third-order valence-electron chi connectivity index (χ3n) is 3.17. The van der Waals surface area contributed by atoms with Gasteiger partial charge in [0.05, 0.1) is 23.9 Å². The van der Waals surface area contributed by atoms with E-state index in [0.717, 1.165) is 32.8 Å². The lowest BCUT2D eigenvalue weighted by atomic mass is 10.3. The summed E-state index contributed by atoms with van der Waals surface area (Å²) in [7, 11) is -3.30. The number of hydrogen-bond acceptors (Lipinski definition) is 5. The second kappa shape index (κ2) is 7.83. The fourth-order valence-electron chi connectivity index (χ4n) is 2.10. The van der Waals surface area contributed by atoms with Crippen molar-refractivity contribution in [2.24, 2.45) is 0 Å². The average Bonchev–Trinajstić information content (AvgIpc) is 2.40. The van der Waals surface area contributed by atoms with Crippen molar-refractivity contribution in [2.45, 2.75) is 11.3 Å². The van der Waals surface area contributed by atoms with Crippen LogP contribution in [-0.4, -0.2) is 57.0 Å². The topological polar surface area (TPSA) is 66.8 Å². The third-order valence-corrected chi connectivity index (χ3v) is 4.97. The molecule has 0 aromatic heterocycles. The van der Waals surface area contributed by atoms with Crippen molar-refractivity contribution in [3.63, 3.8) is 0 Å². The van der Waals surface area contributed by atoms with E-state index in [1.54, 1.807) is 6.07 Å². The molecule has 1 aromatic carbocycles. The van der Waals surface area contributed by atoms with Gasteiger partial charge in [0.25, 0.3) is 0 Å². The van der Waals surface area contributed by atoms with E-state index in [1.807, 2.05) is 0 Å². The van der Waals surface area contributed by atoms with Crippen molar-refractivity contribution in [1.82, 2.24) is 4.90 Å². The summed E-state index contributed by atoms with van der Waals surface area (Å²) < 4.78 is 29.4. The van der Waals surface area contributed by atoms with Gasteiger partial charge in [-0.05, 0) is 31.2 Å². The quantitative estimate of drug-likeness (QED) is 0.885. The van der Waals surface area contributed by atoms with Crippen molar-refractivity contribution >= 4 is 22.2 Å². The molecule has 5 nitrogen and oxygen atoms in total. The molecule has 1 fully saturated rings. The van der Waals surface area contributed by atoms with Gasteiger partial charge < -0.3 is 9.84 Å². The summed E-state index contributed by atoms with van der Waals surface area (Å²) in [5.74, 6) is 0.0858. The maximum atomic E-state index is 12.1. The Morgan fingerprint density at radius 3 is 2.60 bits per heavy atom. The van der Waals surface area contributed by atoms with E-state index >= 15 is 0 Å². The molecule has 0 radical (unpaired) electrons. The summed E-state index contributed by atoms with van der Waals surface area (Å²) in [5.41, 5.74) is 0. The number of phenols is 1. The molecule has 20 heavy (non-hydrogen) atoms. The monoisotopic (exact) mass is 321 g/mol.